The molecule has 3 nitrogen and oxygen atoms in total. The standard InChI is InChI=1S/C12H27N3/c1-6-11(4)7-12(13)8-14-9-15(5)10(2)3/h8,10-11,14H,6-7,9,13H2,1-5H3/b12-8-. The topological polar surface area (TPSA) is 41.3 Å². The zero-order valence-electron chi connectivity index (χ0n) is 10.9. The summed E-state index contributed by atoms with van der Waals surface area (Å²) >= 11 is 0. The van der Waals surface area contributed by atoms with Crippen LogP contribution in [-0.2, 0) is 0 Å². The fourth-order valence-corrected chi connectivity index (χ4v) is 1.11. The first kappa shape index (κ1) is 14.3. The van der Waals surface area contributed by atoms with Crippen molar-refractivity contribution in [3.05, 3.63) is 11.9 Å². The zero-order chi connectivity index (χ0) is 11.8. The second-order valence-corrected chi connectivity index (χ2v) is 4.65. The van der Waals surface area contributed by atoms with Crippen molar-refractivity contribution in [1.82, 2.24) is 10.2 Å². The predicted molar refractivity (Wildman–Crippen MR) is 67.2 cm³/mol. The smallest absolute Gasteiger partial charge is 0.0673 e. The van der Waals surface area contributed by atoms with Crippen LogP contribution in [-0.4, -0.2) is 24.7 Å². The molecule has 1 unspecified atom stereocenters. The fourth-order valence-electron chi connectivity index (χ4n) is 1.11. The van der Waals surface area contributed by atoms with Crippen molar-refractivity contribution >= 4 is 0 Å². The maximum absolute atomic E-state index is 5.89. The van der Waals surface area contributed by atoms with Crippen LogP contribution in [0.2, 0.25) is 0 Å². The van der Waals surface area contributed by atoms with Crippen LogP contribution in [0, 0.1) is 5.92 Å². The van der Waals surface area contributed by atoms with E-state index in [1.54, 1.807) is 0 Å². The average Bonchev–Trinajstić information content (AvgIpc) is 2.17. The Labute approximate surface area is 94.7 Å². The van der Waals surface area contributed by atoms with Crippen LogP contribution in [0.4, 0.5) is 0 Å². The summed E-state index contributed by atoms with van der Waals surface area (Å²) in [5.74, 6) is 0.672. The Hall–Kier alpha value is -0.700. The predicted octanol–water partition coefficient (Wildman–Crippen LogP) is 2.11. The summed E-state index contributed by atoms with van der Waals surface area (Å²) in [5.41, 5.74) is 6.84. The molecule has 0 aliphatic rings. The molecule has 0 amide bonds. The molecule has 0 bridgehead atoms. The molecule has 0 aliphatic heterocycles. The molecule has 90 valence electrons. The Morgan fingerprint density at radius 1 is 1.40 bits per heavy atom. The lowest BCUT2D eigenvalue weighted by Crippen LogP contribution is -2.34. The molecule has 1 atom stereocenters. The van der Waals surface area contributed by atoms with Crippen LogP contribution >= 0.6 is 0 Å². The molecule has 0 heterocycles. The molecular formula is C12H27N3. The third-order valence-corrected chi connectivity index (χ3v) is 2.79. The zero-order valence-corrected chi connectivity index (χ0v) is 10.9. The minimum atomic E-state index is 0.557. The third kappa shape index (κ3) is 7.25. The van der Waals surface area contributed by atoms with E-state index in [0.717, 1.165) is 18.8 Å². The van der Waals surface area contributed by atoms with Crippen molar-refractivity contribution in [2.45, 2.75) is 46.6 Å². The van der Waals surface area contributed by atoms with Gasteiger partial charge in [0.25, 0.3) is 0 Å². The van der Waals surface area contributed by atoms with Crippen LogP contribution in [0.1, 0.15) is 40.5 Å². The van der Waals surface area contributed by atoms with Gasteiger partial charge in [0.05, 0.1) is 6.67 Å². The van der Waals surface area contributed by atoms with Gasteiger partial charge in [0, 0.05) is 17.9 Å². The van der Waals surface area contributed by atoms with Gasteiger partial charge in [-0.3, -0.25) is 4.90 Å². The number of rotatable bonds is 7. The molecule has 0 aromatic rings. The number of nitrogens with zero attached hydrogens (tertiary/aromatic N) is 1. The van der Waals surface area contributed by atoms with Gasteiger partial charge in [0.15, 0.2) is 0 Å². The molecule has 3 N–H and O–H groups in total. The maximum Gasteiger partial charge on any atom is 0.0673 e. The SMILES string of the molecule is CCC(C)C/C(N)=C/NCN(C)C(C)C. The van der Waals surface area contributed by atoms with Crippen molar-refractivity contribution in [3.63, 3.8) is 0 Å². The Morgan fingerprint density at radius 2 is 2.00 bits per heavy atom. The summed E-state index contributed by atoms with van der Waals surface area (Å²) in [6.07, 6.45) is 4.10. The third-order valence-electron chi connectivity index (χ3n) is 2.79. The number of nitrogens with one attached hydrogen (secondary N) is 1. The summed E-state index contributed by atoms with van der Waals surface area (Å²) in [6, 6.07) is 0.557. The monoisotopic (exact) mass is 213 g/mol. The summed E-state index contributed by atoms with van der Waals surface area (Å²) in [7, 11) is 2.09. The van der Waals surface area contributed by atoms with E-state index in [2.05, 4.69) is 45.0 Å². The maximum atomic E-state index is 5.89. The molecule has 0 aromatic heterocycles. The number of allylic oxidation sites excluding steroid dienone is 1. The molecule has 0 saturated heterocycles. The molecule has 0 aliphatic carbocycles. The van der Waals surface area contributed by atoms with Gasteiger partial charge in [-0.05, 0) is 33.2 Å². The molecule has 0 saturated carbocycles. The van der Waals surface area contributed by atoms with E-state index < -0.39 is 0 Å². The number of hydrogen-bond acceptors (Lipinski definition) is 3. The molecule has 0 radical (unpaired) electrons. The second kappa shape index (κ2) is 7.57. The lowest BCUT2D eigenvalue weighted by molar-refractivity contribution is 0.264. The van der Waals surface area contributed by atoms with E-state index in [4.69, 9.17) is 5.73 Å². The van der Waals surface area contributed by atoms with Crippen molar-refractivity contribution < 1.29 is 0 Å². The minimum absolute atomic E-state index is 0.557. The van der Waals surface area contributed by atoms with Gasteiger partial charge in [-0.2, -0.15) is 0 Å². The summed E-state index contributed by atoms with van der Waals surface area (Å²) in [5, 5.41) is 3.23. The average molecular weight is 213 g/mol. The van der Waals surface area contributed by atoms with Crippen molar-refractivity contribution in [3.8, 4) is 0 Å². The summed E-state index contributed by atoms with van der Waals surface area (Å²) in [6.45, 7) is 9.61. The van der Waals surface area contributed by atoms with Crippen molar-refractivity contribution in [1.29, 1.82) is 0 Å². The van der Waals surface area contributed by atoms with Gasteiger partial charge in [-0.1, -0.05) is 20.3 Å². The molecule has 0 rings (SSSR count). The van der Waals surface area contributed by atoms with Gasteiger partial charge in [0.1, 0.15) is 0 Å². The highest BCUT2D eigenvalue weighted by Crippen LogP contribution is 2.09. The largest absolute Gasteiger partial charge is 0.401 e. The minimum Gasteiger partial charge on any atom is -0.401 e. The Balaban J connectivity index is 3.76. The van der Waals surface area contributed by atoms with Crippen LogP contribution in [0.15, 0.2) is 11.9 Å². The number of hydrogen-bond donors (Lipinski definition) is 2. The Bertz CT molecular complexity index is 187. The van der Waals surface area contributed by atoms with Crippen LogP contribution in [0.25, 0.3) is 0 Å². The summed E-state index contributed by atoms with van der Waals surface area (Å²) < 4.78 is 0. The van der Waals surface area contributed by atoms with Crippen LogP contribution in [0.3, 0.4) is 0 Å². The van der Waals surface area contributed by atoms with Crippen molar-refractivity contribution in [2.24, 2.45) is 11.7 Å². The first-order valence-electron chi connectivity index (χ1n) is 5.85. The molecular weight excluding hydrogens is 186 g/mol. The van der Waals surface area contributed by atoms with Gasteiger partial charge in [-0.25, -0.2) is 0 Å². The van der Waals surface area contributed by atoms with Gasteiger partial charge < -0.3 is 11.1 Å². The molecule has 3 heteroatoms. The first-order chi connectivity index (χ1) is 6.97. The number of nitrogens with two attached hydrogens (primary N) is 1. The van der Waals surface area contributed by atoms with Gasteiger partial charge in [0.2, 0.25) is 0 Å². The van der Waals surface area contributed by atoms with Crippen molar-refractivity contribution in [2.75, 3.05) is 13.7 Å². The second-order valence-electron chi connectivity index (χ2n) is 4.65. The van der Waals surface area contributed by atoms with E-state index in [1.807, 2.05) is 6.20 Å². The van der Waals surface area contributed by atoms with E-state index in [0.29, 0.717) is 12.0 Å². The lowest BCUT2D eigenvalue weighted by atomic mass is 10.0. The molecule has 15 heavy (non-hydrogen) atoms. The highest BCUT2D eigenvalue weighted by molar-refractivity contribution is 4.95. The molecule has 0 spiro atoms. The van der Waals surface area contributed by atoms with Gasteiger partial charge in [-0.15, -0.1) is 0 Å². The first-order valence-corrected chi connectivity index (χ1v) is 5.85. The summed E-state index contributed by atoms with van der Waals surface area (Å²) in [4.78, 5) is 2.23. The molecule has 0 aromatic carbocycles. The quantitative estimate of drug-likeness (QED) is 0.636. The molecule has 0 fully saturated rings. The van der Waals surface area contributed by atoms with E-state index >= 15 is 0 Å². The van der Waals surface area contributed by atoms with Crippen LogP contribution < -0.4 is 11.1 Å². The highest BCUT2D eigenvalue weighted by atomic mass is 15.2. The highest BCUT2D eigenvalue weighted by Gasteiger charge is 2.02. The van der Waals surface area contributed by atoms with Crippen LogP contribution in [0.5, 0.6) is 0 Å². The lowest BCUT2D eigenvalue weighted by Gasteiger charge is -2.21. The van der Waals surface area contributed by atoms with E-state index in [1.165, 1.54) is 6.42 Å². The fraction of sp³-hybridized carbons (Fsp3) is 0.833. The van der Waals surface area contributed by atoms with E-state index in [-0.39, 0.29) is 0 Å². The Kier molecular flexibility index (Phi) is 7.22. The van der Waals surface area contributed by atoms with Gasteiger partial charge >= 0.3 is 0 Å². The normalized spacial score (nSPS) is 14.7. The van der Waals surface area contributed by atoms with E-state index in [9.17, 15) is 0 Å². The Morgan fingerprint density at radius 3 is 2.47 bits per heavy atom.